The van der Waals surface area contributed by atoms with Crippen LogP contribution in [0, 0.1) is 23.2 Å². The van der Waals surface area contributed by atoms with Gasteiger partial charge in [0, 0.05) is 6.04 Å². The van der Waals surface area contributed by atoms with E-state index in [4.69, 9.17) is 0 Å². The third-order valence-corrected chi connectivity index (χ3v) is 5.03. The molecule has 14 heavy (non-hydrogen) atoms. The lowest BCUT2D eigenvalue weighted by molar-refractivity contribution is -0.0518. The molecule has 0 aromatic heterocycles. The monoisotopic (exact) mass is 195 g/mol. The van der Waals surface area contributed by atoms with Gasteiger partial charge in [0.25, 0.3) is 0 Å². The summed E-state index contributed by atoms with van der Waals surface area (Å²) >= 11 is 0. The van der Waals surface area contributed by atoms with E-state index < -0.39 is 0 Å². The van der Waals surface area contributed by atoms with Gasteiger partial charge < -0.3 is 5.32 Å². The number of piperidine rings is 2. The first-order valence-corrected chi connectivity index (χ1v) is 6.30. The van der Waals surface area contributed by atoms with E-state index in [1.54, 1.807) is 0 Å². The van der Waals surface area contributed by atoms with Crippen LogP contribution in [-0.2, 0) is 0 Å². The first-order valence-electron chi connectivity index (χ1n) is 6.30. The summed E-state index contributed by atoms with van der Waals surface area (Å²) in [6.07, 6.45) is 4.31. The van der Waals surface area contributed by atoms with Crippen molar-refractivity contribution >= 4 is 0 Å². The SMILES string of the molecule is CC(C)C1(C(C)C)CC2CCC1CN2. The van der Waals surface area contributed by atoms with Crippen LogP contribution in [0.1, 0.15) is 47.0 Å². The van der Waals surface area contributed by atoms with Crippen molar-refractivity contribution in [3.8, 4) is 0 Å². The van der Waals surface area contributed by atoms with Gasteiger partial charge in [0.05, 0.1) is 0 Å². The summed E-state index contributed by atoms with van der Waals surface area (Å²) in [4.78, 5) is 0. The fourth-order valence-electron chi connectivity index (χ4n) is 4.22. The van der Waals surface area contributed by atoms with E-state index in [0.29, 0.717) is 5.41 Å². The van der Waals surface area contributed by atoms with E-state index >= 15 is 0 Å². The molecule has 82 valence electrons. The van der Waals surface area contributed by atoms with Gasteiger partial charge in [0.2, 0.25) is 0 Å². The second-order valence-electron chi connectivity index (χ2n) is 6.01. The van der Waals surface area contributed by atoms with Crippen LogP contribution in [-0.4, -0.2) is 12.6 Å². The molecule has 3 rings (SSSR count). The molecule has 1 saturated carbocycles. The van der Waals surface area contributed by atoms with Crippen LogP contribution in [0.4, 0.5) is 0 Å². The van der Waals surface area contributed by atoms with Crippen molar-refractivity contribution in [2.24, 2.45) is 23.2 Å². The van der Waals surface area contributed by atoms with Crippen LogP contribution in [0.5, 0.6) is 0 Å². The Kier molecular flexibility index (Phi) is 2.63. The molecule has 1 heteroatoms. The normalized spacial score (nSPS) is 35.6. The molecule has 2 atom stereocenters. The van der Waals surface area contributed by atoms with Gasteiger partial charge in [-0.15, -0.1) is 0 Å². The Hall–Kier alpha value is -0.0400. The fourth-order valence-corrected chi connectivity index (χ4v) is 4.22. The van der Waals surface area contributed by atoms with E-state index in [0.717, 1.165) is 23.8 Å². The molecule has 3 fully saturated rings. The van der Waals surface area contributed by atoms with Crippen LogP contribution in [0.25, 0.3) is 0 Å². The highest BCUT2D eigenvalue weighted by molar-refractivity contribution is 5.02. The minimum Gasteiger partial charge on any atom is -0.314 e. The Morgan fingerprint density at radius 1 is 1.07 bits per heavy atom. The van der Waals surface area contributed by atoms with Crippen molar-refractivity contribution < 1.29 is 0 Å². The fraction of sp³-hybridized carbons (Fsp3) is 1.00. The van der Waals surface area contributed by atoms with Crippen LogP contribution in [0.2, 0.25) is 0 Å². The maximum absolute atomic E-state index is 3.68. The van der Waals surface area contributed by atoms with Crippen LogP contribution in [0.15, 0.2) is 0 Å². The third kappa shape index (κ3) is 1.32. The molecular formula is C13H25N. The first-order chi connectivity index (χ1) is 6.57. The van der Waals surface area contributed by atoms with Gasteiger partial charge in [-0.25, -0.2) is 0 Å². The lowest BCUT2D eigenvalue weighted by Gasteiger charge is -2.57. The van der Waals surface area contributed by atoms with Gasteiger partial charge >= 0.3 is 0 Å². The van der Waals surface area contributed by atoms with Gasteiger partial charge in [-0.05, 0) is 49.0 Å². The number of rotatable bonds is 2. The highest BCUT2D eigenvalue weighted by atomic mass is 15.0. The van der Waals surface area contributed by atoms with Crippen molar-refractivity contribution in [3.63, 3.8) is 0 Å². The summed E-state index contributed by atoms with van der Waals surface area (Å²) in [6.45, 7) is 11.0. The van der Waals surface area contributed by atoms with Crippen LogP contribution >= 0.6 is 0 Å². The van der Waals surface area contributed by atoms with Crippen molar-refractivity contribution in [1.82, 2.24) is 5.32 Å². The predicted molar refractivity (Wildman–Crippen MR) is 61.2 cm³/mol. The van der Waals surface area contributed by atoms with Gasteiger partial charge in [0.15, 0.2) is 0 Å². The summed E-state index contributed by atoms with van der Waals surface area (Å²) < 4.78 is 0. The van der Waals surface area contributed by atoms with Crippen molar-refractivity contribution in [2.75, 3.05) is 6.54 Å². The zero-order valence-corrected chi connectivity index (χ0v) is 10.1. The Morgan fingerprint density at radius 3 is 1.93 bits per heavy atom. The molecule has 2 unspecified atom stereocenters. The topological polar surface area (TPSA) is 12.0 Å². The summed E-state index contributed by atoms with van der Waals surface area (Å²) in [5.41, 5.74) is 0.633. The summed E-state index contributed by atoms with van der Waals surface area (Å²) in [6, 6.07) is 0.824. The molecule has 2 aliphatic heterocycles. The quantitative estimate of drug-likeness (QED) is 0.714. The minimum absolute atomic E-state index is 0.633. The van der Waals surface area contributed by atoms with E-state index in [9.17, 15) is 0 Å². The number of fused-ring (bicyclic) bond motifs is 3. The molecule has 3 aliphatic rings. The van der Waals surface area contributed by atoms with Gasteiger partial charge in [-0.2, -0.15) is 0 Å². The zero-order chi connectivity index (χ0) is 10.3. The molecule has 1 nitrogen and oxygen atoms in total. The van der Waals surface area contributed by atoms with E-state index in [1.807, 2.05) is 0 Å². The summed E-state index contributed by atoms with van der Waals surface area (Å²) in [7, 11) is 0. The molecule has 2 saturated heterocycles. The highest BCUT2D eigenvalue weighted by Crippen LogP contribution is 2.53. The molecule has 0 radical (unpaired) electrons. The second-order valence-corrected chi connectivity index (χ2v) is 6.01. The van der Waals surface area contributed by atoms with E-state index in [2.05, 4.69) is 33.0 Å². The Bertz CT molecular complexity index is 191. The molecule has 1 aliphatic carbocycles. The van der Waals surface area contributed by atoms with Crippen molar-refractivity contribution in [2.45, 2.75) is 53.0 Å². The maximum atomic E-state index is 3.68. The predicted octanol–water partition coefficient (Wildman–Crippen LogP) is 3.06. The molecule has 0 aromatic rings. The molecular weight excluding hydrogens is 170 g/mol. The van der Waals surface area contributed by atoms with Crippen molar-refractivity contribution in [3.05, 3.63) is 0 Å². The molecule has 0 aromatic carbocycles. The van der Waals surface area contributed by atoms with Gasteiger partial charge in [0.1, 0.15) is 0 Å². The zero-order valence-electron chi connectivity index (χ0n) is 10.1. The van der Waals surface area contributed by atoms with Gasteiger partial charge in [-0.3, -0.25) is 0 Å². The lowest BCUT2D eigenvalue weighted by Crippen LogP contribution is -2.58. The highest BCUT2D eigenvalue weighted by Gasteiger charge is 2.50. The maximum Gasteiger partial charge on any atom is 0.00728 e. The largest absolute Gasteiger partial charge is 0.314 e. The molecule has 2 bridgehead atoms. The summed E-state index contributed by atoms with van der Waals surface area (Å²) in [5.74, 6) is 2.63. The number of hydrogen-bond donors (Lipinski definition) is 1. The van der Waals surface area contributed by atoms with Crippen LogP contribution in [0.3, 0.4) is 0 Å². The number of hydrogen-bond acceptors (Lipinski definition) is 1. The molecule has 0 amide bonds. The second kappa shape index (κ2) is 3.52. The lowest BCUT2D eigenvalue weighted by atomic mass is 9.52. The third-order valence-electron chi connectivity index (χ3n) is 5.03. The first kappa shape index (κ1) is 10.5. The minimum atomic E-state index is 0.633. The summed E-state index contributed by atoms with van der Waals surface area (Å²) in [5, 5.41) is 3.68. The van der Waals surface area contributed by atoms with Gasteiger partial charge in [-0.1, -0.05) is 27.7 Å². The Balaban J connectivity index is 2.27. The van der Waals surface area contributed by atoms with E-state index in [-0.39, 0.29) is 0 Å². The average Bonchev–Trinajstić information content (AvgIpc) is 2.18. The Morgan fingerprint density at radius 2 is 1.71 bits per heavy atom. The van der Waals surface area contributed by atoms with Crippen molar-refractivity contribution in [1.29, 1.82) is 0 Å². The number of nitrogens with one attached hydrogen (secondary N) is 1. The molecule has 1 N–H and O–H groups in total. The average molecular weight is 195 g/mol. The van der Waals surface area contributed by atoms with E-state index in [1.165, 1.54) is 25.8 Å². The smallest absolute Gasteiger partial charge is 0.00728 e. The van der Waals surface area contributed by atoms with Crippen LogP contribution < -0.4 is 5.32 Å². The Labute approximate surface area is 88.7 Å². The standard InChI is InChI=1S/C13H25N/c1-9(2)13(10(3)4)7-12-6-5-11(13)8-14-12/h9-12,14H,5-8H2,1-4H3. The molecule has 2 heterocycles. The molecule has 0 spiro atoms.